The zero-order chi connectivity index (χ0) is 14.3. The van der Waals surface area contributed by atoms with Crippen molar-refractivity contribution in [3.8, 4) is 11.5 Å². The van der Waals surface area contributed by atoms with Crippen LogP contribution in [0, 0.1) is 5.92 Å². The Morgan fingerprint density at radius 1 is 1.35 bits per heavy atom. The lowest BCUT2D eigenvalue weighted by molar-refractivity contribution is -0.286. The highest BCUT2D eigenvalue weighted by molar-refractivity contribution is 8.15. The van der Waals surface area contributed by atoms with E-state index in [2.05, 4.69) is 33.6 Å². The Hall–Kier alpha value is -1.50. The minimum Gasteiger partial charge on any atom is -0.395 e. The Bertz CT molecular complexity index is 563. The first kappa shape index (κ1) is 13.5. The maximum Gasteiger partial charge on any atom is 0.586 e. The number of hydrogen-bond acceptors (Lipinski definition) is 5. The summed E-state index contributed by atoms with van der Waals surface area (Å²) in [6.45, 7) is 5.07. The zero-order valence-corrected chi connectivity index (χ0v) is 11.8. The van der Waals surface area contributed by atoms with Gasteiger partial charge in [-0.1, -0.05) is 25.6 Å². The van der Waals surface area contributed by atoms with E-state index in [4.69, 9.17) is 0 Å². The molecule has 0 aromatic heterocycles. The summed E-state index contributed by atoms with van der Waals surface area (Å²) in [5.74, 6) is 0.615. The van der Waals surface area contributed by atoms with Crippen molar-refractivity contribution in [2.75, 3.05) is 11.9 Å². The van der Waals surface area contributed by atoms with Crippen LogP contribution >= 0.6 is 11.8 Å². The molecule has 1 unspecified atom stereocenters. The van der Waals surface area contributed by atoms with Crippen LogP contribution in [0.3, 0.4) is 0 Å². The molecule has 2 aliphatic rings. The molecule has 0 fully saturated rings. The number of nitrogens with zero attached hydrogens (tertiary/aromatic N) is 1. The largest absolute Gasteiger partial charge is 0.586 e. The number of amidine groups is 1. The minimum atomic E-state index is -3.58. The van der Waals surface area contributed by atoms with Gasteiger partial charge in [0.05, 0.1) is 6.54 Å². The molecule has 0 saturated heterocycles. The average molecular weight is 300 g/mol. The Balaban J connectivity index is 1.69. The lowest BCUT2D eigenvalue weighted by atomic mass is 10.1. The van der Waals surface area contributed by atoms with E-state index in [0.29, 0.717) is 16.9 Å². The standard InChI is InChI=1S/C13H14F2N2O2S/c1-7(2)11-6-16-12(20-11)17-8-3-4-9-10(5-8)19-13(14,15)18-9/h3-5,7,11H,6H2,1-2H3,(H,16,17). The molecule has 0 saturated carbocycles. The van der Waals surface area contributed by atoms with Gasteiger partial charge < -0.3 is 14.8 Å². The summed E-state index contributed by atoms with van der Waals surface area (Å²) in [6.07, 6.45) is -3.58. The van der Waals surface area contributed by atoms with E-state index in [1.165, 1.54) is 12.1 Å². The van der Waals surface area contributed by atoms with Crippen molar-refractivity contribution in [2.24, 2.45) is 10.9 Å². The van der Waals surface area contributed by atoms with Crippen LogP contribution in [-0.2, 0) is 0 Å². The third-order valence-corrected chi connectivity index (χ3v) is 4.52. The maximum absolute atomic E-state index is 12.9. The van der Waals surface area contributed by atoms with Crippen LogP contribution in [-0.4, -0.2) is 23.3 Å². The summed E-state index contributed by atoms with van der Waals surface area (Å²) in [7, 11) is 0. The zero-order valence-electron chi connectivity index (χ0n) is 11.0. The van der Waals surface area contributed by atoms with Crippen LogP contribution in [0.1, 0.15) is 13.8 Å². The van der Waals surface area contributed by atoms with Gasteiger partial charge in [-0.3, -0.25) is 4.99 Å². The van der Waals surface area contributed by atoms with Gasteiger partial charge in [-0.2, -0.15) is 0 Å². The first-order chi connectivity index (χ1) is 9.43. The van der Waals surface area contributed by atoms with Gasteiger partial charge in [0.25, 0.3) is 0 Å². The smallest absolute Gasteiger partial charge is 0.395 e. The molecule has 108 valence electrons. The molecule has 1 N–H and O–H groups in total. The van der Waals surface area contributed by atoms with E-state index in [9.17, 15) is 8.78 Å². The molecule has 0 amide bonds. The van der Waals surface area contributed by atoms with E-state index in [-0.39, 0.29) is 11.5 Å². The summed E-state index contributed by atoms with van der Waals surface area (Å²) in [4.78, 5) is 4.40. The number of hydrogen-bond donors (Lipinski definition) is 1. The summed E-state index contributed by atoms with van der Waals surface area (Å²) in [6, 6.07) is 4.61. The van der Waals surface area contributed by atoms with E-state index in [0.717, 1.165) is 11.7 Å². The van der Waals surface area contributed by atoms with Gasteiger partial charge >= 0.3 is 6.29 Å². The Kier molecular flexibility index (Phi) is 3.24. The van der Waals surface area contributed by atoms with Crippen molar-refractivity contribution in [1.82, 2.24) is 0 Å². The fourth-order valence-corrected chi connectivity index (χ4v) is 2.99. The third-order valence-electron chi connectivity index (χ3n) is 3.07. The van der Waals surface area contributed by atoms with Gasteiger partial charge in [0.2, 0.25) is 0 Å². The number of alkyl halides is 2. The lowest BCUT2D eigenvalue weighted by Crippen LogP contribution is -2.25. The van der Waals surface area contributed by atoms with Crippen LogP contribution in [0.25, 0.3) is 0 Å². The molecule has 2 aliphatic heterocycles. The van der Waals surface area contributed by atoms with Crippen molar-refractivity contribution in [2.45, 2.75) is 25.4 Å². The first-order valence-corrected chi connectivity index (χ1v) is 7.19. The molecule has 20 heavy (non-hydrogen) atoms. The molecule has 1 aromatic carbocycles. The molecular formula is C13H14F2N2O2S. The highest BCUT2D eigenvalue weighted by atomic mass is 32.2. The lowest BCUT2D eigenvalue weighted by Gasteiger charge is -2.12. The van der Waals surface area contributed by atoms with E-state index in [1.807, 2.05) is 0 Å². The van der Waals surface area contributed by atoms with Crippen molar-refractivity contribution >= 4 is 22.6 Å². The van der Waals surface area contributed by atoms with Crippen LogP contribution in [0.4, 0.5) is 14.5 Å². The second-order valence-corrected chi connectivity index (χ2v) is 6.23. The van der Waals surface area contributed by atoms with Crippen LogP contribution in [0.2, 0.25) is 0 Å². The average Bonchev–Trinajstić information content (AvgIpc) is 2.91. The molecule has 0 radical (unpaired) electrons. The van der Waals surface area contributed by atoms with Crippen molar-refractivity contribution in [1.29, 1.82) is 0 Å². The predicted molar refractivity (Wildman–Crippen MR) is 74.8 cm³/mol. The van der Waals surface area contributed by atoms with Crippen LogP contribution in [0.5, 0.6) is 11.5 Å². The summed E-state index contributed by atoms with van der Waals surface area (Å²) in [5.41, 5.74) is 0.653. The SMILES string of the molecule is CC(C)C1CN=C(Nc2ccc3c(c2)OC(F)(F)O3)S1. The summed E-state index contributed by atoms with van der Waals surface area (Å²) >= 11 is 1.67. The van der Waals surface area contributed by atoms with Gasteiger partial charge in [-0.25, -0.2) is 0 Å². The van der Waals surface area contributed by atoms with Crippen LogP contribution in [0.15, 0.2) is 23.2 Å². The highest BCUT2D eigenvalue weighted by Crippen LogP contribution is 2.42. The Labute approximate surface area is 119 Å². The number of thioether (sulfide) groups is 1. The van der Waals surface area contributed by atoms with E-state index >= 15 is 0 Å². The number of nitrogens with one attached hydrogen (secondary N) is 1. The molecule has 1 atom stereocenters. The molecule has 0 bridgehead atoms. The quantitative estimate of drug-likeness (QED) is 0.907. The highest BCUT2D eigenvalue weighted by Gasteiger charge is 2.43. The molecule has 1 aromatic rings. The number of anilines is 1. The van der Waals surface area contributed by atoms with Crippen molar-refractivity contribution < 1.29 is 18.3 Å². The second-order valence-electron chi connectivity index (χ2n) is 5.00. The van der Waals surface area contributed by atoms with Gasteiger partial charge in [-0.15, -0.1) is 8.78 Å². The van der Waals surface area contributed by atoms with Crippen LogP contribution < -0.4 is 14.8 Å². The fraction of sp³-hybridized carbons (Fsp3) is 0.462. The number of fused-ring (bicyclic) bond motifs is 1. The van der Waals surface area contributed by atoms with Gasteiger partial charge in [0.15, 0.2) is 16.7 Å². The van der Waals surface area contributed by atoms with Gasteiger partial charge in [0, 0.05) is 17.0 Å². The molecule has 7 heteroatoms. The summed E-state index contributed by atoms with van der Waals surface area (Å²) < 4.78 is 34.6. The predicted octanol–water partition coefficient (Wildman–Crippen LogP) is 3.55. The van der Waals surface area contributed by atoms with E-state index < -0.39 is 6.29 Å². The second kappa shape index (κ2) is 4.80. The topological polar surface area (TPSA) is 42.9 Å². The molecule has 0 spiro atoms. The molecule has 3 rings (SSSR count). The number of halogens is 2. The number of benzene rings is 1. The third kappa shape index (κ3) is 2.67. The van der Waals surface area contributed by atoms with Crippen molar-refractivity contribution in [3.05, 3.63) is 18.2 Å². The number of aliphatic imine (C=N–C) groups is 1. The summed E-state index contributed by atoms with van der Waals surface area (Å²) in [5, 5.41) is 4.37. The normalized spacial score (nSPS) is 23.1. The van der Waals surface area contributed by atoms with E-state index in [1.54, 1.807) is 17.8 Å². The molecule has 4 nitrogen and oxygen atoms in total. The maximum atomic E-state index is 12.9. The molecule has 0 aliphatic carbocycles. The number of rotatable bonds is 2. The monoisotopic (exact) mass is 300 g/mol. The van der Waals surface area contributed by atoms with Crippen molar-refractivity contribution in [3.63, 3.8) is 0 Å². The molecular weight excluding hydrogens is 286 g/mol. The number of ether oxygens (including phenoxy) is 2. The Morgan fingerprint density at radius 3 is 2.80 bits per heavy atom. The minimum absolute atomic E-state index is 0.0315. The molecule has 2 heterocycles. The van der Waals surface area contributed by atoms with Gasteiger partial charge in [0.1, 0.15) is 0 Å². The van der Waals surface area contributed by atoms with Gasteiger partial charge in [-0.05, 0) is 18.1 Å². The fourth-order valence-electron chi connectivity index (χ4n) is 1.96. The Morgan fingerprint density at radius 2 is 2.10 bits per heavy atom. The first-order valence-electron chi connectivity index (χ1n) is 6.31.